The van der Waals surface area contributed by atoms with E-state index in [1.807, 2.05) is 11.8 Å². The van der Waals surface area contributed by atoms with E-state index in [1.54, 1.807) is 0 Å². The average Bonchev–Trinajstić information content (AvgIpc) is 2.95. The van der Waals surface area contributed by atoms with Gasteiger partial charge >= 0.3 is 0 Å². The lowest BCUT2D eigenvalue weighted by atomic mass is 9.70. The van der Waals surface area contributed by atoms with Gasteiger partial charge in [0.25, 0.3) is 0 Å². The Kier molecular flexibility index (Phi) is 4.68. The molecule has 1 aliphatic carbocycles. The number of carbonyl (C=O) groups excluding carboxylic acids is 1. The Hall–Kier alpha value is -0.0600. The molecular weight excluding hydrogens is 282 g/mol. The van der Waals surface area contributed by atoms with Crippen LogP contribution in [0.25, 0.3) is 0 Å². The van der Waals surface area contributed by atoms with Crippen LogP contribution < -0.4 is 0 Å². The van der Waals surface area contributed by atoms with Crippen LogP contribution in [0.2, 0.25) is 0 Å². The van der Waals surface area contributed by atoms with E-state index >= 15 is 0 Å². The number of ketones is 1. The maximum absolute atomic E-state index is 13.4. The first-order valence-electron chi connectivity index (χ1n) is 8.52. The van der Waals surface area contributed by atoms with E-state index in [1.165, 1.54) is 25.0 Å². The summed E-state index contributed by atoms with van der Waals surface area (Å²) < 4.78 is 6.10. The molecule has 0 aromatic heterocycles. The Morgan fingerprint density at radius 2 is 1.95 bits per heavy atom. The van der Waals surface area contributed by atoms with Gasteiger partial charge in [0, 0.05) is 18.3 Å². The summed E-state index contributed by atoms with van der Waals surface area (Å²) in [5.41, 5.74) is -0.168. The summed E-state index contributed by atoms with van der Waals surface area (Å²) in [6.45, 7) is 0.778. The van der Waals surface area contributed by atoms with E-state index < -0.39 is 0 Å². The summed E-state index contributed by atoms with van der Waals surface area (Å²) in [4.78, 5) is 15.6. The van der Waals surface area contributed by atoms with Gasteiger partial charge in [-0.05, 0) is 52.0 Å². The van der Waals surface area contributed by atoms with Crippen molar-refractivity contribution < 1.29 is 9.53 Å². The third kappa shape index (κ3) is 2.91. The summed E-state index contributed by atoms with van der Waals surface area (Å²) in [5.74, 6) is 3.02. The summed E-state index contributed by atoms with van der Waals surface area (Å²) >= 11 is 1.99. The Bertz CT molecular complexity index is 384. The van der Waals surface area contributed by atoms with Crippen molar-refractivity contribution in [1.82, 2.24) is 4.90 Å². The zero-order valence-corrected chi connectivity index (χ0v) is 14.3. The second kappa shape index (κ2) is 6.21. The Labute approximate surface area is 133 Å². The first kappa shape index (κ1) is 15.8. The number of thioether (sulfide) groups is 1. The number of carbonyl (C=O) groups is 1. The van der Waals surface area contributed by atoms with E-state index in [-0.39, 0.29) is 17.1 Å². The van der Waals surface area contributed by atoms with E-state index in [9.17, 15) is 4.79 Å². The van der Waals surface area contributed by atoms with Crippen LogP contribution >= 0.6 is 11.8 Å². The average molecular weight is 311 g/mol. The number of likely N-dealkylation sites (N-methyl/N-ethyl adjacent to an activating group) is 1. The lowest BCUT2D eigenvalue weighted by molar-refractivity contribution is -0.146. The highest BCUT2D eigenvalue weighted by atomic mass is 32.2. The molecule has 3 fully saturated rings. The van der Waals surface area contributed by atoms with E-state index in [2.05, 4.69) is 19.0 Å². The fourth-order valence-corrected chi connectivity index (χ4v) is 5.92. The molecule has 0 bridgehead atoms. The van der Waals surface area contributed by atoms with Crippen molar-refractivity contribution in [3.05, 3.63) is 0 Å². The SMILES string of the molecule is CN(C)C1(C(=O)C2CCOC3(CCSC3)C2)CCCCC1. The summed E-state index contributed by atoms with van der Waals surface area (Å²) in [7, 11) is 4.20. The highest BCUT2D eigenvalue weighted by Crippen LogP contribution is 2.44. The van der Waals surface area contributed by atoms with Crippen LogP contribution in [0.5, 0.6) is 0 Å². The minimum Gasteiger partial charge on any atom is -0.374 e. The monoisotopic (exact) mass is 311 g/mol. The molecule has 0 aromatic rings. The lowest BCUT2D eigenvalue weighted by Crippen LogP contribution is -2.56. The fourth-order valence-electron chi connectivity index (χ4n) is 4.55. The Morgan fingerprint density at radius 3 is 2.57 bits per heavy atom. The Balaban J connectivity index is 1.76. The van der Waals surface area contributed by atoms with Gasteiger partial charge in [-0.2, -0.15) is 11.8 Å². The van der Waals surface area contributed by atoms with E-state index in [0.29, 0.717) is 5.78 Å². The molecular formula is C17H29NO2S. The normalized spacial score (nSPS) is 36.2. The second-order valence-electron chi connectivity index (χ2n) is 7.37. The number of ether oxygens (including phenoxy) is 1. The Morgan fingerprint density at radius 1 is 1.19 bits per heavy atom. The summed E-state index contributed by atoms with van der Waals surface area (Å²) in [6, 6.07) is 0. The molecule has 2 unspecified atom stereocenters. The molecule has 4 heteroatoms. The maximum Gasteiger partial charge on any atom is 0.156 e. The molecule has 1 spiro atoms. The van der Waals surface area contributed by atoms with Crippen molar-refractivity contribution in [2.75, 3.05) is 32.2 Å². The number of nitrogens with zero attached hydrogens (tertiary/aromatic N) is 1. The smallest absolute Gasteiger partial charge is 0.156 e. The minimum atomic E-state index is -0.187. The lowest BCUT2D eigenvalue weighted by Gasteiger charge is -2.46. The van der Waals surface area contributed by atoms with Crippen LogP contribution in [0.15, 0.2) is 0 Å². The van der Waals surface area contributed by atoms with E-state index in [0.717, 1.165) is 44.5 Å². The molecule has 2 saturated heterocycles. The van der Waals surface area contributed by atoms with Gasteiger partial charge in [-0.25, -0.2) is 0 Å². The standard InChI is InChI=1S/C17H29NO2S/c1-18(2)17(7-4-3-5-8-17)15(19)14-6-10-20-16(12-14)9-11-21-13-16/h14H,3-13H2,1-2H3. The number of hydrogen-bond donors (Lipinski definition) is 0. The first-order chi connectivity index (χ1) is 10.1. The minimum absolute atomic E-state index is 0.0193. The van der Waals surface area contributed by atoms with Crippen LogP contribution in [0.4, 0.5) is 0 Å². The molecule has 2 atom stereocenters. The highest BCUT2D eigenvalue weighted by molar-refractivity contribution is 7.99. The van der Waals surface area contributed by atoms with Gasteiger partial charge < -0.3 is 4.74 Å². The van der Waals surface area contributed by atoms with Gasteiger partial charge in [0.1, 0.15) is 0 Å². The largest absolute Gasteiger partial charge is 0.374 e. The van der Waals surface area contributed by atoms with Gasteiger partial charge in [-0.15, -0.1) is 0 Å². The molecule has 21 heavy (non-hydrogen) atoms. The first-order valence-corrected chi connectivity index (χ1v) is 9.67. The number of rotatable bonds is 3. The molecule has 0 aromatic carbocycles. The quantitative estimate of drug-likeness (QED) is 0.801. The molecule has 3 aliphatic rings. The van der Waals surface area contributed by atoms with Gasteiger partial charge in [0.05, 0.1) is 11.1 Å². The summed E-state index contributed by atoms with van der Waals surface area (Å²) in [6.07, 6.45) is 8.83. The third-order valence-corrected chi connectivity index (χ3v) is 7.15. The molecule has 0 N–H and O–H groups in total. The third-order valence-electron chi connectivity index (χ3n) is 5.93. The van der Waals surface area contributed by atoms with Crippen LogP contribution in [0.3, 0.4) is 0 Å². The van der Waals surface area contributed by atoms with Crippen LogP contribution in [-0.2, 0) is 9.53 Å². The van der Waals surface area contributed by atoms with Crippen molar-refractivity contribution in [2.24, 2.45) is 5.92 Å². The molecule has 0 radical (unpaired) electrons. The van der Waals surface area contributed by atoms with Gasteiger partial charge in [0.2, 0.25) is 0 Å². The zero-order chi connectivity index (χ0) is 14.9. The molecule has 2 heterocycles. The summed E-state index contributed by atoms with van der Waals surface area (Å²) in [5, 5.41) is 0. The maximum atomic E-state index is 13.4. The molecule has 1 saturated carbocycles. The molecule has 0 amide bonds. The zero-order valence-electron chi connectivity index (χ0n) is 13.5. The molecule has 2 aliphatic heterocycles. The van der Waals surface area contributed by atoms with Crippen LogP contribution in [0.1, 0.15) is 51.4 Å². The van der Waals surface area contributed by atoms with Crippen molar-refractivity contribution in [3.8, 4) is 0 Å². The van der Waals surface area contributed by atoms with Gasteiger partial charge in [0.15, 0.2) is 5.78 Å². The van der Waals surface area contributed by atoms with Crippen LogP contribution in [0, 0.1) is 5.92 Å². The van der Waals surface area contributed by atoms with E-state index in [4.69, 9.17) is 4.74 Å². The van der Waals surface area contributed by atoms with Crippen molar-refractivity contribution >= 4 is 17.5 Å². The molecule has 3 rings (SSSR count). The van der Waals surface area contributed by atoms with Crippen LogP contribution in [-0.4, -0.2) is 54.0 Å². The second-order valence-corrected chi connectivity index (χ2v) is 8.48. The predicted molar refractivity (Wildman–Crippen MR) is 87.9 cm³/mol. The van der Waals surface area contributed by atoms with Crippen molar-refractivity contribution in [1.29, 1.82) is 0 Å². The topological polar surface area (TPSA) is 29.5 Å². The van der Waals surface area contributed by atoms with Crippen molar-refractivity contribution in [2.45, 2.75) is 62.5 Å². The van der Waals surface area contributed by atoms with Crippen molar-refractivity contribution in [3.63, 3.8) is 0 Å². The highest BCUT2D eigenvalue weighted by Gasteiger charge is 2.49. The number of Topliss-reactive ketones (excluding diaryl/α,β-unsaturated/α-hetero) is 1. The predicted octanol–water partition coefficient (Wildman–Crippen LogP) is 3.12. The van der Waals surface area contributed by atoms with Gasteiger partial charge in [-0.1, -0.05) is 19.3 Å². The van der Waals surface area contributed by atoms with Gasteiger partial charge in [-0.3, -0.25) is 9.69 Å². The molecule has 120 valence electrons. The number of hydrogen-bond acceptors (Lipinski definition) is 4. The molecule has 3 nitrogen and oxygen atoms in total. The fraction of sp³-hybridized carbons (Fsp3) is 0.941.